The maximum atomic E-state index is 5.56. The van der Waals surface area contributed by atoms with Gasteiger partial charge in [0.2, 0.25) is 0 Å². The lowest BCUT2D eigenvalue weighted by atomic mass is 10.2. The average molecular weight is 454 g/mol. The van der Waals surface area contributed by atoms with E-state index in [0.717, 1.165) is 51.6 Å². The van der Waals surface area contributed by atoms with Gasteiger partial charge >= 0.3 is 0 Å². The first-order valence-corrected chi connectivity index (χ1v) is 8.94. The molecule has 0 spiro atoms. The van der Waals surface area contributed by atoms with Crippen LogP contribution in [0, 0.1) is 12.8 Å². The van der Waals surface area contributed by atoms with Crippen molar-refractivity contribution in [3.05, 3.63) is 16.1 Å². The summed E-state index contributed by atoms with van der Waals surface area (Å²) in [5, 5.41) is 7.79. The van der Waals surface area contributed by atoms with Gasteiger partial charge in [-0.15, -0.1) is 35.3 Å². The molecule has 1 aromatic heterocycles. The Balaban J connectivity index is 0.00000484. The number of halogens is 1. The lowest BCUT2D eigenvalue weighted by molar-refractivity contribution is 0.109. The van der Waals surface area contributed by atoms with Gasteiger partial charge in [-0.05, 0) is 26.2 Å². The molecule has 0 fully saturated rings. The highest BCUT2D eigenvalue weighted by molar-refractivity contribution is 14.0. The number of nitrogens with one attached hydrogen (secondary N) is 2. The molecule has 5 nitrogen and oxygen atoms in total. The summed E-state index contributed by atoms with van der Waals surface area (Å²) in [7, 11) is 0. The van der Waals surface area contributed by atoms with Crippen LogP contribution in [-0.4, -0.2) is 43.8 Å². The molecule has 0 saturated heterocycles. The van der Waals surface area contributed by atoms with Crippen molar-refractivity contribution < 1.29 is 4.74 Å². The van der Waals surface area contributed by atoms with E-state index in [9.17, 15) is 0 Å². The second-order valence-electron chi connectivity index (χ2n) is 5.62. The monoisotopic (exact) mass is 454 g/mol. The SMILES string of the molecule is CCNC(=NCCCOCC(C)C)NCCc1ncc(C)s1.I. The van der Waals surface area contributed by atoms with E-state index in [-0.39, 0.29) is 24.0 Å². The van der Waals surface area contributed by atoms with Gasteiger partial charge in [-0.1, -0.05) is 13.8 Å². The van der Waals surface area contributed by atoms with E-state index in [1.165, 1.54) is 9.88 Å². The maximum absolute atomic E-state index is 5.56. The molecule has 0 aliphatic carbocycles. The quantitative estimate of drug-likeness (QED) is 0.247. The molecule has 0 saturated carbocycles. The van der Waals surface area contributed by atoms with Crippen molar-refractivity contribution >= 4 is 41.3 Å². The molecule has 0 bridgehead atoms. The van der Waals surface area contributed by atoms with Crippen LogP contribution < -0.4 is 10.6 Å². The molecule has 23 heavy (non-hydrogen) atoms. The molecule has 0 radical (unpaired) electrons. The third-order valence-corrected chi connectivity index (χ3v) is 3.79. The third-order valence-electron chi connectivity index (χ3n) is 2.81. The summed E-state index contributed by atoms with van der Waals surface area (Å²) >= 11 is 1.75. The molecule has 2 N–H and O–H groups in total. The van der Waals surface area contributed by atoms with Crippen LogP contribution >= 0.6 is 35.3 Å². The second kappa shape index (κ2) is 14.0. The molecule has 0 amide bonds. The number of thiazole rings is 1. The minimum atomic E-state index is 0. The molecule has 0 aliphatic rings. The van der Waals surface area contributed by atoms with E-state index < -0.39 is 0 Å². The highest BCUT2D eigenvalue weighted by atomic mass is 127. The van der Waals surface area contributed by atoms with Crippen molar-refractivity contribution in [2.75, 3.05) is 32.8 Å². The topological polar surface area (TPSA) is 58.5 Å². The Kier molecular flexibility index (Phi) is 13.7. The summed E-state index contributed by atoms with van der Waals surface area (Å²) in [6.07, 6.45) is 3.81. The van der Waals surface area contributed by atoms with Gasteiger partial charge in [0.05, 0.1) is 5.01 Å². The predicted octanol–water partition coefficient (Wildman–Crippen LogP) is 3.23. The summed E-state index contributed by atoms with van der Waals surface area (Å²) in [5.41, 5.74) is 0. The minimum absolute atomic E-state index is 0. The summed E-state index contributed by atoms with van der Waals surface area (Å²) in [6.45, 7) is 12.6. The van der Waals surface area contributed by atoms with E-state index in [1.807, 2.05) is 6.20 Å². The van der Waals surface area contributed by atoms with Gasteiger partial charge in [0.15, 0.2) is 5.96 Å². The van der Waals surface area contributed by atoms with E-state index in [1.54, 1.807) is 11.3 Å². The number of guanidine groups is 1. The predicted molar refractivity (Wildman–Crippen MR) is 110 cm³/mol. The van der Waals surface area contributed by atoms with E-state index in [0.29, 0.717) is 5.92 Å². The van der Waals surface area contributed by atoms with Gasteiger partial charge in [-0.3, -0.25) is 4.99 Å². The normalized spacial score (nSPS) is 11.4. The van der Waals surface area contributed by atoms with Gasteiger partial charge in [0, 0.05) is 50.3 Å². The van der Waals surface area contributed by atoms with Gasteiger partial charge < -0.3 is 15.4 Å². The Hall–Kier alpha value is -0.410. The lowest BCUT2D eigenvalue weighted by Gasteiger charge is -2.11. The van der Waals surface area contributed by atoms with Gasteiger partial charge in [0.25, 0.3) is 0 Å². The van der Waals surface area contributed by atoms with E-state index >= 15 is 0 Å². The number of aliphatic imine (C=N–C) groups is 1. The molecule has 0 atom stereocenters. The Labute approximate surface area is 161 Å². The van der Waals surface area contributed by atoms with E-state index in [2.05, 4.69) is 48.3 Å². The summed E-state index contributed by atoms with van der Waals surface area (Å²) in [6, 6.07) is 0. The molecule has 1 heterocycles. The molecule has 134 valence electrons. The molecule has 0 aliphatic heterocycles. The van der Waals surface area contributed by atoms with Gasteiger partial charge in [0.1, 0.15) is 0 Å². The molecule has 1 rings (SSSR count). The van der Waals surface area contributed by atoms with Gasteiger partial charge in [-0.25, -0.2) is 4.98 Å². The van der Waals surface area contributed by atoms with E-state index in [4.69, 9.17) is 4.74 Å². The molecule has 0 aromatic carbocycles. The van der Waals surface area contributed by atoms with Crippen LogP contribution in [0.2, 0.25) is 0 Å². The van der Waals surface area contributed by atoms with Crippen LogP contribution in [0.4, 0.5) is 0 Å². The molecular formula is C16H31IN4OS. The fourth-order valence-electron chi connectivity index (χ4n) is 1.82. The lowest BCUT2D eigenvalue weighted by Crippen LogP contribution is -2.38. The number of hydrogen-bond acceptors (Lipinski definition) is 4. The molecule has 7 heteroatoms. The maximum Gasteiger partial charge on any atom is 0.191 e. The van der Waals surface area contributed by atoms with Crippen LogP contribution in [0.25, 0.3) is 0 Å². The standard InChI is InChI=1S/C16H30N4OS.HI/c1-5-17-16(18-8-6-10-21-12-13(2)3)19-9-7-15-20-11-14(4)22-15;/h11,13H,5-10,12H2,1-4H3,(H2,17,18,19);1H. The highest BCUT2D eigenvalue weighted by Crippen LogP contribution is 2.10. The zero-order chi connectivity index (χ0) is 16.2. The zero-order valence-electron chi connectivity index (χ0n) is 14.7. The largest absolute Gasteiger partial charge is 0.381 e. The van der Waals surface area contributed by atoms with Crippen LogP contribution in [0.5, 0.6) is 0 Å². The fraction of sp³-hybridized carbons (Fsp3) is 0.750. The third kappa shape index (κ3) is 11.7. The molecule has 0 unspecified atom stereocenters. The highest BCUT2D eigenvalue weighted by Gasteiger charge is 2.01. The number of aryl methyl sites for hydroxylation is 1. The van der Waals surface area contributed by atoms with Crippen LogP contribution in [0.3, 0.4) is 0 Å². The second-order valence-corrected chi connectivity index (χ2v) is 6.94. The van der Waals surface area contributed by atoms with Crippen LogP contribution in [0.1, 0.15) is 37.1 Å². The Morgan fingerprint density at radius 3 is 2.78 bits per heavy atom. The number of nitrogens with zero attached hydrogens (tertiary/aromatic N) is 2. The zero-order valence-corrected chi connectivity index (χ0v) is 17.9. The Morgan fingerprint density at radius 1 is 1.39 bits per heavy atom. The average Bonchev–Trinajstić information content (AvgIpc) is 2.88. The van der Waals surface area contributed by atoms with Crippen molar-refractivity contribution in [2.24, 2.45) is 10.9 Å². The summed E-state index contributed by atoms with van der Waals surface area (Å²) in [4.78, 5) is 10.2. The molecular weight excluding hydrogens is 423 g/mol. The van der Waals surface area contributed by atoms with Crippen molar-refractivity contribution in [3.8, 4) is 0 Å². The van der Waals surface area contributed by atoms with Crippen LogP contribution in [0.15, 0.2) is 11.2 Å². The molecule has 1 aromatic rings. The first kappa shape index (κ1) is 22.6. The van der Waals surface area contributed by atoms with Crippen molar-refractivity contribution in [1.29, 1.82) is 0 Å². The van der Waals surface area contributed by atoms with Crippen molar-refractivity contribution in [3.63, 3.8) is 0 Å². The number of hydrogen-bond donors (Lipinski definition) is 2. The number of aromatic nitrogens is 1. The first-order chi connectivity index (χ1) is 10.6. The van der Waals surface area contributed by atoms with Crippen molar-refractivity contribution in [1.82, 2.24) is 15.6 Å². The summed E-state index contributed by atoms with van der Waals surface area (Å²) in [5.74, 6) is 1.47. The Morgan fingerprint density at radius 2 is 2.17 bits per heavy atom. The smallest absolute Gasteiger partial charge is 0.191 e. The van der Waals surface area contributed by atoms with Crippen LogP contribution in [-0.2, 0) is 11.2 Å². The fourth-order valence-corrected chi connectivity index (χ4v) is 2.61. The number of rotatable bonds is 10. The first-order valence-electron chi connectivity index (χ1n) is 8.13. The minimum Gasteiger partial charge on any atom is -0.381 e. The van der Waals surface area contributed by atoms with Gasteiger partial charge in [-0.2, -0.15) is 0 Å². The Bertz CT molecular complexity index is 437. The number of ether oxygens (including phenoxy) is 1. The van der Waals surface area contributed by atoms with Crippen molar-refractivity contribution in [2.45, 2.75) is 40.5 Å². The summed E-state index contributed by atoms with van der Waals surface area (Å²) < 4.78 is 5.56.